The van der Waals surface area contributed by atoms with Crippen molar-refractivity contribution in [3.8, 4) is 11.5 Å². The van der Waals surface area contributed by atoms with Gasteiger partial charge < -0.3 is 19.7 Å². The van der Waals surface area contributed by atoms with E-state index in [4.69, 9.17) is 9.47 Å². The average Bonchev–Trinajstić information content (AvgIpc) is 3.16. The third kappa shape index (κ3) is 2.49. The largest absolute Gasteiger partial charge is 0.454 e. The molecule has 0 aliphatic carbocycles. The lowest BCUT2D eigenvalue weighted by molar-refractivity contribution is 0.174. The van der Waals surface area contributed by atoms with Crippen LogP contribution in [0.1, 0.15) is 12.8 Å². The molecule has 3 heterocycles. The van der Waals surface area contributed by atoms with Crippen LogP contribution in [0.4, 0.5) is 5.69 Å². The number of nitrogens with zero attached hydrogens (tertiary/aromatic N) is 2. The van der Waals surface area contributed by atoms with Crippen molar-refractivity contribution >= 4 is 16.6 Å². The zero-order valence-corrected chi connectivity index (χ0v) is 12.0. The van der Waals surface area contributed by atoms with Crippen molar-refractivity contribution in [2.24, 2.45) is 0 Å². The summed E-state index contributed by atoms with van der Waals surface area (Å²) in [6.45, 7) is 4.81. The number of rotatable bonds is 4. The number of likely N-dealkylation sites (tertiary alicyclic amines) is 1. The summed E-state index contributed by atoms with van der Waals surface area (Å²) in [5.74, 6) is 1.59. The van der Waals surface area contributed by atoms with Crippen LogP contribution in [-0.4, -0.2) is 42.9 Å². The Balaban J connectivity index is 1.53. The predicted octanol–water partition coefficient (Wildman–Crippen LogP) is 2.47. The van der Waals surface area contributed by atoms with Gasteiger partial charge in [0.15, 0.2) is 11.5 Å². The van der Waals surface area contributed by atoms with Crippen molar-refractivity contribution in [2.75, 3.05) is 38.3 Å². The molecule has 0 amide bonds. The molecular weight excluding hydrogens is 266 g/mol. The maximum atomic E-state index is 5.46. The number of aromatic nitrogens is 1. The Bertz CT molecular complexity index is 653. The first-order valence-corrected chi connectivity index (χ1v) is 7.55. The molecule has 1 N–H and O–H groups in total. The van der Waals surface area contributed by atoms with Crippen LogP contribution in [0.5, 0.6) is 11.5 Å². The highest BCUT2D eigenvalue weighted by Crippen LogP contribution is 2.37. The molecule has 5 nitrogen and oxygen atoms in total. The normalized spacial score (nSPS) is 17.5. The van der Waals surface area contributed by atoms with Crippen molar-refractivity contribution in [2.45, 2.75) is 12.8 Å². The smallest absolute Gasteiger partial charge is 0.231 e. The van der Waals surface area contributed by atoms with Crippen LogP contribution in [0.25, 0.3) is 10.9 Å². The van der Waals surface area contributed by atoms with Crippen molar-refractivity contribution in [3.63, 3.8) is 0 Å². The van der Waals surface area contributed by atoms with Crippen LogP contribution in [0.15, 0.2) is 24.4 Å². The summed E-state index contributed by atoms with van der Waals surface area (Å²) >= 11 is 0. The Morgan fingerprint density at radius 2 is 1.95 bits per heavy atom. The first-order chi connectivity index (χ1) is 10.4. The monoisotopic (exact) mass is 285 g/mol. The summed E-state index contributed by atoms with van der Waals surface area (Å²) in [5, 5.41) is 4.61. The van der Waals surface area contributed by atoms with Gasteiger partial charge in [0.1, 0.15) is 0 Å². The Morgan fingerprint density at radius 3 is 2.81 bits per heavy atom. The Morgan fingerprint density at radius 1 is 1.14 bits per heavy atom. The fourth-order valence-corrected chi connectivity index (χ4v) is 3.04. The van der Waals surface area contributed by atoms with Crippen LogP contribution in [0, 0.1) is 0 Å². The number of hydrogen-bond acceptors (Lipinski definition) is 5. The van der Waals surface area contributed by atoms with E-state index >= 15 is 0 Å². The molecule has 0 bridgehead atoms. The molecule has 0 unspecified atom stereocenters. The zero-order valence-electron chi connectivity index (χ0n) is 12.0. The number of pyridine rings is 1. The van der Waals surface area contributed by atoms with Gasteiger partial charge in [0.25, 0.3) is 0 Å². The van der Waals surface area contributed by atoms with E-state index in [9.17, 15) is 0 Å². The third-order valence-electron chi connectivity index (χ3n) is 4.18. The number of hydrogen-bond donors (Lipinski definition) is 1. The van der Waals surface area contributed by atoms with E-state index in [-0.39, 0.29) is 0 Å². The van der Waals surface area contributed by atoms with E-state index in [1.54, 1.807) is 0 Å². The van der Waals surface area contributed by atoms with E-state index in [1.165, 1.54) is 25.9 Å². The van der Waals surface area contributed by atoms with E-state index in [0.29, 0.717) is 6.79 Å². The van der Waals surface area contributed by atoms with Gasteiger partial charge in [-0.15, -0.1) is 0 Å². The molecule has 0 atom stereocenters. The Hall–Kier alpha value is -2.01. The Kier molecular flexibility index (Phi) is 3.27. The first-order valence-electron chi connectivity index (χ1n) is 7.55. The summed E-state index contributed by atoms with van der Waals surface area (Å²) in [4.78, 5) is 6.92. The topological polar surface area (TPSA) is 46.6 Å². The molecule has 2 aromatic rings. The molecule has 1 aromatic heterocycles. The molecule has 1 aromatic carbocycles. The van der Waals surface area contributed by atoms with Gasteiger partial charge in [0, 0.05) is 36.4 Å². The molecule has 0 saturated carbocycles. The highest BCUT2D eigenvalue weighted by molar-refractivity contribution is 5.93. The molecule has 2 aliphatic heterocycles. The fraction of sp³-hybridized carbons (Fsp3) is 0.438. The molecule has 2 aliphatic rings. The third-order valence-corrected chi connectivity index (χ3v) is 4.18. The maximum Gasteiger partial charge on any atom is 0.231 e. The van der Waals surface area contributed by atoms with Crippen LogP contribution in [0.2, 0.25) is 0 Å². The standard InChI is InChI=1S/C16H19N3O2/c1-2-7-19(6-1)8-5-18-13-3-4-17-14-10-16-15(9-12(13)14)20-11-21-16/h3-4,9-10H,1-2,5-8,11H2,(H,17,18). The van der Waals surface area contributed by atoms with Crippen molar-refractivity contribution in [1.29, 1.82) is 0 Å². The van der Waals surface area contributed by atoms with Gasteiger partial charge in [0.2, 0.25) is 6.79 Å². The van der Waals surface area contributed by atoms with Crippen LogP contribution in [-0.2, 0) is 0 Å². The van der Waals surface area contributed by atoms with Gasteiger partial charge >= 0.3 is 0 Å². The summed E-state index contributed by atoms with van der Waals surface area (Å²) < 4.78 is 10.9. The number of benzene rings is 1. The minimum atomic E-state index is 0.295. The minimum Gasteiger partial charge on any atom is -0.454 e. The maximum absolute atomic E-state index is 5.46. The summed E-state index contributed by atoms with van der Waals surface area (Å²) in [6.07, 6.45) is 4.51. The van der Waals surface area contributed by atoms with Gasteiger partial charge in [-0.3, -0.25) is 4.98 Å². The molecule has 0 radical (unpaired) electrons. The molecule has 4 rings (SSSR count). The van der Waals surface area contributed by atoms with Gasteiger partial charge in [-0.2, -0.15) is 0 Å². The average molecular weight is 285 g/mol. The van der Waals surface area contributed by atoms with Crippen LogP contribution in [0.3, 0.4) is 0 Å². The number of ether oxygens (including phenoxy) is 2. The summed E-state index contributed by atoms with van der Waals surface area (Å²) in [5.41, 5.74) is 2.04. The minimum absolute atomic E-state index is 0.295. The van der Waals surface area contributed by atoms with Crippen LogP contribution >= 0.6 is 0 Å². The van der Waals surface area contributed by atoms with Gasteiger partial charge in [-0.1, -0.05) is 0 Å². The van der Waals surface area contributed by atoms with Crippen molar-refractivity contribution in [3.05, 3.63) is 24.4 Å². The molecule has 5 heteroatoms. The second kappa shape index (κ2) is 5.41. The van der Waals surface area contributed by atoms with E-state index in [1.807, 2.05) is 24.4 Å². The van der Waals surface area contributed by atoms with Crippen molar-refractivity contribution in [1.82, 2.24) is 9.88 Å². The first kappa shape index (κ1) is 12.7. The Labute approximate surface area is 123 Å². The highest BCUT2D eigenvalue weighted by atomic mass is 16.7. The quantitative estimate of drug-likeness (QED) is 0.935. The highest BCUT2D eigenvalue weighted by Gasteiger charge is 2.16. The zero-order chi connectivity index (χ0) is 14.1. The number of anilines is 1. The lowest BCUT2D eigenvalue weighted by Gasteiger charge is -2.16. The van der Waals surface area contributed by atoms with E-state index < -0.39 is 0 Å². The molecule has 110 valence electrons. The summed E-state index contributed by atoms with van der Waals surface area (Å²) in [6, 6.07) is 5.99. The molecular formula is C16H19N3O2. The molecule has 0 spiro atoms. The molecule has 1 fully saturated rings. The molecule has 21 heavy (non-hydrogen) atoms. The number of fused-ring (bicyclic) bond motifs is 2. The van der Waals surface area contributed by atoms with Gasteiger partial charge in [-0.25, -0.2) is 0 Å². The van der Waals surface area contributed by atoms with Crippen LogP contribution < -0.4 is 14.8 Å². The second-order valence-electron chi connectivity index (χ2n) is 5.56. The van der Waals surface area contributed by atoms with Gasteiger partial charge in [0.05, 0.1) is 5.52 Å². The van der Waals surface area contributed by atoms with Crippen molar-refractivity contribution < 1.29 is 9.47 Å². The molecule has 1 saturated heterocycles. The lowest BCUT2D eigenvalue weighted by Crippen LogP contribution is -2.25. The lowest BCUT2D eigenvalue weighted by atomic mass is 10.1. The van der Waals surface area contributed by atoms with Gasteiger partial charge in [-0.05, 0) is 38.1 Å². The predicted molar refractivity (Wildman–Crippen MR) is 82.0 cm³/mol. The van der Waals surface area contributed by atoms with E-state index in [0.717, 1.165) is 41.2 Å². The number of nitrogens with one attached hydrogen (secondary N) is 1. The SMILES string of the molecule is c1cc(NCCN2CCCC2)c2cc3c(cc2n1)OCO3. The fourth-order valence-electron chi connectivity index (χ4n) is 3.04. The second-order valence-corrected chi connectivity index (χ2v) is 5.56. The van der Waals surface area contributed by atoms with E-state index in [2.05, 4.69) is 15.2 Å². The summed E-state index contributed by atoms with van der Waals surface area (Å²) in [7, 11) is 0.